The van der Waals surface area contributed by atoms with Crippen molar-refractivity contribution in [1.29, 1.82) is 0 Å². The van der Waals surface area contributed by atoms with E-state index in [0.717, 1.165) is 30.6 Å². The van der Waals surface area contributed by atoms with Gasteiger partial charge in [0.25, 0.3) is 0 Å². The lowest BCUT2D eigenvalue weighted by molar-refractivity contribution is -0.0926. The quantitative estimate of drug-likeness (QED) is 0.411. The van der Waals surface area contributed by atoms with Gasteiger partial charge in [0.1, 0.15) is 0 Å². The van der Waals surface area contributed by atoms with Gasteiger partial charge in [-0.2, -0.15) is 0 Å². The van der Waals surface area contributed by atoms with E-state index in [1.165, 1.54) is 61.6 Å². The van der Waals surface area contributed by atoms with Crippen molar-refractivity contribution in [3.8, 4) is 0 Å². The zero-order chi connectivity index (χ0) is 25.6. The van der Waals surface area contributed by atoms with E-state index in [1.54, 1.807) is 5.57 Å². The Hall–Kier alpha value is -2.12. The van der Waals surface area contributed by atoms with Crippen molar-refractivity contribution in [3.05, 3.63) is 89.5 Å². The van der Waals surface area contributed by atoms with E-state index in [-0.39, 0.29) is 11.5 Å². The summed E-state index contributed by atoms with van der Waals surface area (Å²) < 4.78 is 0. The first-order valence-electron chi connectivity index (χ1n) is 15.1. The van der Waals surface area contributed by atoms with Crippen LogP contribution in [-0.2, 0) is 0 Å². The largest absolute Gasteiger partial charge is 0.392 e. The molecule has 1 N–H and O–H groups in total. The van der Waals surface area contributed by atoms with Crippen molar-refractivity contribution in [1.82, 2.24) is 0 Å². The summed E-state index contributed by atoms with van der Waals surface area (Å²) in [5.41, 5.74) is 6.09. The van der Waals surface area contributed by atoms with Crippen LogP contribution in [0.2, 0.25) is 0 Å². The SMILES string of the molecule is C[C@H](CC=C(c1ccccc1)c1ccccc1)[C@@H]1CC[C@@H]2[C@H]3CC=C4CCC[C@H](O)[C@]4(C)[C@@H]3CC[C@]21C. The molecule has 4 aliphatic carbocycles. The number of aliphatic hydroxyl groups is 1. The van der Waals surface area contributed by atoms with Gasteiger partial charge in [0.15, 0.2) is 0 Å². The summed E-state index contributed by atoms with van der Waals surface area (Å²) >= 11 is 0. The van der Waals surface area contributed by atoms with E-state index in [0.29, 0.717) is 17.3 Å². The fraction of sp³-hybridized carbons (Fsp3) is 0.556. The van der Waals surface area contributed by atoms with Crippen LogP contribution in [0, 0.1) is 40.4 Å². The highest BCUT2D eigenvalue weighted by molar-refractivity contribution is 5.79. The molecule has 37 heavy (non-hydrogen) atoms. The second kappa shape index (κ2) is 9.88. The van der Waals surface area contributed by atoms with Gasteiger partial charge >= 0.3 is 0 Å². The lowest BCUT2D eigenvalue weighted by Crippen LogP contribution is -2.54. The van der Waals surface area contributed by atoms with Crippen LogP contribution in [0.1, 0.15) is 89.7 Å². The Bertz CT molecular complexity index is 1100. The van der Waals surface area contributed by atoms with Gasteiger partial charge in [0.2, 0.25) is 0 Å². The first-order chi connectivity index (χ1) is 17.9. The monoisotopic (exact) mass is 494 g/mol. The van der Waals surface area contributed by atoms with Crippen molar-refractivity contribution < 1.29 is 5.11 Å². The molecule has 1 heteroatoms. The molecule has 0 unspecified atom stereocenters. The van der Waals surface area contributed by atoms with E-state index < -0.39 is 0 Å². The highest BCUT2D eigenvalue weighted by Gasteiger charge is 2.60. The predicted octanol–water partition coefficient (Wildman–Crippen LogP) is 9.08. The molecule has 196 valence electrons. The number of benzene rings is 2. The molecule has 0 heterocycles. The Balaban J connectivity index is 1.24. The molecule has 0 saturated heterocycles. The Morgan fingerprint density at radius 1 is 0.919 bits per heavy atom. The highest BCUT2D eigenvalue weighted by atomic mass is 16.3. The van der Waals surface area contributed by atoms with Crippen LogP contribution >= 0.6 is 0 Å². The van der Waals surface area contributed by atoms with Crippen molar-refractivity contribution >= 4 is 5.57 Å². The maximum atomic E-state index is 11.2. The van der Waals surface area contributed by atoms with Crippen molar-refractivity contribution in [2.75, 3.05) is 0 Å². The summed E-state index contributed by atoms with van der Waals surface area (Å²) in [5, 5.41) is 11.2. The molecular weight excluding hydrogens is 448 g/mol. The molecule has 3 fully saturated rings. The number of allylic oxidation sites excluding steroid dienone is 2. The van der Waals surface area contributed by atoms with E-state index in [2.05, 4.69) is 93.6 Å². The molecule has 8 atom stereocenters. The maximum absolute atomic E-state index is 11.2. The minimum atomic E-state index is -0.139. The minimum absolute atomic E-state index is 0.0369. The number of aliphatic hydroxyl groups excluding tert-OH is 1. The minimum Gasteiger partial charge on any atom is -0.392 e. The molecule has 4 aliphatic rings. The molecule has 2 aromatic carbocycles. The maximum Gasteiger partial charge on any atom is 0.0633 e. The summed E-state index contributed by atoms with van der Waals surface area (Å²) in [6.07, 6.45) is 16.2. The molecule has 0 aromatic heterocycles. The Kier molecular flexibility index (Phi) is 6.72. The standard InChI is InChI=1S/C36H46O/c1-25(17-19-29(26-11-6-4-7-12-26)27-13-8-5-9-14-27)31-21-22-32-30-20-18-28-15-10-16-34(37)36(28,3)33(30)23-24-35(31,32)2/h4-9,11-14,18-19,25,30-34,37H,10,15-17,20-24H2,1-3H3/t25-,30-,31+,32-,33-,34+,35+,36+/m1/s1. The number of rotatable bonds is 5. The van der Waals surface area contributed by atoms with Crippen LogP contribution in [0.15, 0.2) is 78.4 Å². The third kappa shape index (κ3) is 4.17. The van der Waals surface area contributed by atoms with Crippen LogP contribution in [0.5, 0.6) is 0 Å². The first kappa shape index (κ1) is 25.2. The van der Waals surface area contributed by atoms with Gasteiger partial charge in [-0.15, -0.1) is 0 Å². The topological polar surface area (TPSA) is 20.2 Å². The average molecular weight is 495 g/mol. The number of hydrogen-bond donors (Lipinski definition) is 1. The van der Waals surface area contributed by atoms with Gasteiger partial charge in [-0.3, -0.25) is 0 Å². The third-order valence-corrected chi connectivity index (χ3v) is 11.8. The number of fused-ring (bicyclic) bond motifs is 5. The smallest absolute Gasteiger partial charge is 0.0633 e. The second-order valence-electron chi connectivity index (χ2n) is 13.3. The van der Waals surface area contributed by atoms with Gasteiger partial charge in [-0.05, 0) is 109 Å². The van der Waals surface area contributed by atoms with Gasteiger partial charge < -0.3 is 5.11 Å². The van der Waals surface area contributed by atoms with Gasteiger partial charge in [0.05, 0.1) is 6.10 Å². The third-order valence-electron chi connectivity index (χ3n) is 11.8. The van der Waals surface area contributed by atoms with Gasteiger partial charge in [-0.25, -0.2) is 0 Å². The summed E-state index contributed by atoms with van der Waals surface area (Å²) in [7, 11) is 0. The zero-order valence-electron chi connectivity index (χ0n) is 23.2. The fourth-order valence-electron chi connectivity index (χ4n) is 9.80. The van der Waals surface area contributed by atoms with Crippen molar-refractivity contribution in [3.63, 3.8) is 0 Å². The molecule has 3 saturated carbocycles. The Morgan fingerprint density at radius 2 is 1.59 bits per heavy atom. The summed E-state index contributed by atoms with van der Waals surface area (Å²) in [5.74, 6) is 3.72. The van der Waals surface area contributed by atoms with Crippen LogP contribution in [-0.4, -0.2) is 11.2 Å². The van der Waals surface area contributed by atoms with Gasteiger partial charge in [0, 0.05) is 5.41 Å². The molecule has 0 amide bonds. The molecular formula is C36H46O. The summed E-state index contributed by atoms with van der Waals surface area (Å²) in [6.45, 7) is 7.61. The van der Waals surface area contributed by atoms with E-state index in [1.807, 2.05) is 0 Å². The Morgan fingerprint density at radius 3 is 2.27 bits per heavy atom. The molecule has 0 radical (unpaired) electrons. The second-order valence-corrected chi connectivity index (χ2v) is 13.3. The van der Waals surface area contributed by atoms with Crippen LogP contribution in [0.25, 0.3) is 5.57 Å². The summed E-state index contributed by atoms with van der Waals surface area (Å²) in [6, 6.07) is 21.9. The van der Waals surface area contributed by atoms with Crippen LogP contribution in [0.4, 0.5) is 0 Å². The van der Waals surface area contributed by atoms with Gasteiger partial charge in [-0.1, -0.05) is 99.2 Å². The zero-order valence-corrected chi connectivity index (χ0v) is 23.2. The first-order valence-corrected chi connectivity index (χ1v) is 15.1. The number of hydrogen-bond acceptors (Lipinski definition) is 1. The normalized spacial score (nSPS) is 37.5. The lowest BCUT2D eigenvalue weighted by Gasteiger charge is -2.59. The molecule has 6 rings (SSSR count). The van der Waals surface area contributed by atoms with E-state index in [9.17, 15) is 5.11 Å². The highest BCUT2D eigenvalue weighted by Crippen LogP contribution is 2.67. The van der Waals surface area contributed by atoms with E-state index >= 15 is 0 Å². The van der Waals surface area contributed by atoms with Crippen LogP contribution in [0.3, 0.4) is 0 Å². The molecule has 0 spiro atoms. The summed E-state index contributed by atoms with van der Waals surface area (Å²) in [4.78, 5) is 0. The Labute approximate surface area is 225 Å². The molecule has 0 aliphatic heterocycles. The van der Waals surface area contributed by atoms with Crippen molar-refractivity contribution in [2.45, 2.75) is 84.7 Å². The fourth-order valence-corrected chi connectivity index (χ4v) is 9.80. The molecule has 1 nitrogen and oxygen atoms in total. The average Bonchev–Trinajstić information content (AvgIpc) is 3.28. The molecule has 0 bridgehead atoms. The van der Waals surface area contributed by atoms with Crippen LogP contribution < -0.4 is 0 Å². The van der Waals surface area contributed by atoms with E-state index in [4.69, 9.17) is 0 Å². The predicted molar refractivity (Wildman–Crippen MR) is 155 cm³/mol. The lowest BCUT2D eigenvalue weighted by atomic mass is 9.46. The molecule has 2 aromatic rings. The van der Waals surface area contributed by atoms with Crippen molar-refractivity contribution in [2.24, 2.45) is 40.4 Å².